The van der Waals surface area contributed by atoms with Crippen molar-refractivity contribution in [2.75, 3.05) is 4.72 Å². The van der Waals surface area contributed by atoms with E-state index in [0.717, 1.165) is 29.2 Å². The molecule has 5 nitrogen and oxygen atoms in total. The minimum absolute atomic E-state index is 0.257. The first-order valence-corrected chi connectivity index (χ1v) is 10.5. The van der Waals surface area contributed by atoms with Crippen LogP contribution in [0.2, 0.25) is 0 Å². The monoisotopic (exact) mass is 374 g/mol. The molecular weight excluding hydrogens is 356 g/mol. The van der Waals surface area contributed by atoms with Crippen LogP contribution < -0.4 is 4.72 Å². The number of nitrogens with zero attached hydrogens (tertiary/aromatic N) is 1. The zero-order valence-corrected chi connectivity index (χ0v) is 15.4. The Morgan fingerprint density at radius 2 is 2.00 bits per heavy atom. The van der Waals surface area contributed by atoms with Crippen LogP contribution in [-0.4, -0.2) is 13.4 Å². The second kappa shape index (κ2) is 6.31. The van der Waals surface area contributed by atoms with Gasteiger partial charge in [0.05, 0.1) is 16.8 Å². The Morgan fingerprint density at radius 3 is 2.72 bits per heavy atom. The maximum Gasteiger partial charge on any atom is 0.271 e. The lowest BCUT2D eigenvalue weighted by molar-refractivity contribution is 0.338. The van der Waals surface area contributed by atoms with Crippen LogP contribution in [-0.2, 0) is 10.0 Å². The second-order valence-corrected chi connectivity index (χ2v) is 9.22. The molecule has 0 atom stereocenters. The lowest BCUT2D eigenvalue weighted by Gasteiger charge is -2.21. The number of aryl methyl sites for hydroxylation is 1. The number of thiophene rings is 1. The number of aromatic nitrogens is 1. The third-order valence-electron chi connectivity index (χ3n) is 4.46. The Labute approximate surface area is 150 Å². The van der Waals surface area contributed by atoms with Crippen molar-refractivity contribution in [1.82, 2.24) is 4.98 Å². The van der Waals surface area contributed by atoms with Gasteiger partial charge in [0.15, 0.2) is 11.7 Å². The predicted molar refractivity (Wildman–Crippen MR) is 98.4 cm³/mol. The van der Waals surface area contributed by atoms with Crippen molar-refractivity contribution < 1.29 is 12.8 Å². The van der Waals surface area contributed by atoms with E-state index >= 15 is 0 Å². The highest BCUT2D eigenvalue weighted by atomic mass is 32.2. The number of sulfonamides is 1. The van der Waals surface area contributed by atoms with Gasteiger partial charge in [-0.2, -0.15) is 0 Å². The van der Waals surface area contributed by atoms with Crippen molar-refractivity contribution in [1.29, 1.82) is 0 Å². The van der Waals surface area contributed by atoms with Crippen LogP contribution in [0.3, 0.4) is 0 Å². The fourth-order valence-electron chi connectivity index (χ4n) is 2.72. The van der Waals surface area contributed by atoms with Crippen molar-refractivity contribution in [3.63, 3.8) is 0 Å². The van der Waals surface area contributed by atoms with Crippen LogP contribution in [0.4, 0.5) is 5.69 Å². The van der Waals surface area contributed by atoms with Crippen LogP contribution in [0.25, 0.3) is 10.6 Å². The Balaban J connectivity index is 1.57. The Hall–Kier alpha value is -2.12. The molecule has 130 valence electrons. The molecule has 1 aromatic carbocycles. The Kier molecular flexibility index (Phi) is 4.13. The molecule has 1 aliphatic rings. The van der Waals surface area contributed by atoms with E-state index in [1.807, 2.05) is 19.1 Å². The van der Waals surface area contributed by atoms with Crippen LogP contribution in [0, 0.1) is 6.92 Å². The van der Waals surface area contributed by atoms with Gasteiger partial charge in [-0.1, -0.05) is 24.6 Å². The number of anilines is 1. The molecule has 1 N–H and O–H groups in total. The van der Waals surface area contributed by atoms with E-state index in [1.165, 1.54) is 17.8 Å². The number of nitrogens with one attached hydrogen (secondary N) is 1. The number of hydrogen-bond acceptors (Lipinski definition) is 5. The molecule has 0 amide bonds. The van der Waals surface area contributed by atoms with Gasteiger partial charge in [0.2, 0.25) is 0 Å². The van der Waals surface area contributed by atoms with Crippen LogP contribution in [0.1, 0.15) is 36.6 Å². The highest BCUT2D eigenvalue weighted by Gasteiger charge is 2.25. The molecule has 2 aromatic heterocycles. The summed E-state index contributed by atoms with van der Waals surface area (Å²) in [7, 11) is -3.62. The van der Waals surface area contributed by atoms with E-state index in [1.54, 1.807) is 30.5 Å². The largest absolute Gasteiger partial charge is 0.440 e. The minimum Gasteiger partial charge on any atom is -0.440 e. The molecule has 0 aliphatic heterocycles. The molecule has 0 unspecified atom stereocenters. The number of rotatable bonds is 5. The van der Waals surface area contributed by atoms with Gasteiger partial charge in [-0.15, -0.1) is 11.3 Å². The molecular formula is C18H18N2O3S2. The predicted octanol–water partition coefficient (Wildman–Crippen LogP) is 4.78. The quantitative estimate of drug-likeness (QED) is 0.697. The van der Waals surface area contributed by atoms with Crippen molar-refractivity contribution in [3.8, 4) is 10.6 Å². The summed E-state index contributed by atoms with van der Waals surface area (Å²) in [5, 5.41) is 0. The molecule has 25 heavy (non-hydrogen) atoms. The lowest BCUT2D eigenvalue weighted by atomic mass is 9.85. The summed E-state index contributed by atoms with van der Waals surface area (Å²) in [4.78, 5) is 5.11. The summed E-state index contributed by atoms with van der Waals surface area (Å²) in [6.45, 7) is 1.87. The second-order valence-electron chi connectivity index (χ2n) is 6.23. The van der Waals surface area contributed by atoms with Gasteiger partial charge < -0.3 is 4.42 Å². The third-order valence-corrected chi connectivity index (χ3v) is 7.41. The average molecular weight is 374 g/mol. The van der Waals surface area contributed by atoms with Gasteiger partial charge in [0.1, 0.15) is 4.21 Å². The summed E-state index contributed by atoms with van der Waals surface area (Å²) in [5.41, 5.74) is 1.47. The smallest absolute Gasteiger partial charge is 0.271 e. The number of hydrogen-bond donors (Lipinski definition) is 1. The summed E-state index contributed by atoms with van der Waals surface area (Å²) < 4.78 is 34.0. The van der Waals surface area contributed by atoms with E-state index in [2.05, 4.69) is 9.71 Å². The molecule has 1 fully saturated rings. The fraction of sp³-hybridized carbons (Fsp3) is 0.278. The SMILES string of the molecule is Cc1ccccc1NS(=O)(=O)c1ccc(-c2cnc(C3CCC3)o2)s1. The lowest BCUT2D eigenvalue weighted by Crippen LogP contribution is -2.12. The Bertz CT molecular complexity index is 1000. The molecule has 1 saturated carbocycles. The summed E-state index contributed by atoms with van der Waals surface area (Å²) >= 11 is 1.18. The van der Waals surface area contributed by atoms with Gasteiger partial charge in [0.25, 0.3) is 10.0 Å². The van der Waals surface area contributed by atoms with E-state index in [4.69, 9.17) is 4.42 Å². The van der Waals surface area contributed by atoms with Crippen molar-refractivity contribution >= 4 is 27.0 Å². The van der Waals surface area contributed by atoms with Crippen LogP contribution in [0.15, 0.2) is 51.2 Å². The number of benzene rings is 1. The minimum atomic E-state index is -3.62. The van der Waals surface area contributed by atoms with E-state index < -0.39 is 10.0 Å². The van der Waals surface area contributed by atoms with Gasteiger partial charge in [-0.3, -0.25) is 4.72 Å². The van der Waals surface area contributed by atoms with Gasteiger partial charge in [-0.05, 0) is 43.5 Å². The standard InChI is InChI=1S/C18H18N2O3S2/c1-12-5-2-3-8-14(12)20-25(21,22)17-10-9-16(24-17)15-11-19-18(23-15)13-6-4-7-13/h2-3,5,8-11,13,20H,4,6-7H2,1H3. The zero-order chi connectivity index (χ0) is 17.4. The average Bonchev–Trinajstić information content (AvgIpc) is 3.17. The first kappa shape index (κ1) is 16.4. The first-order chi connectivity index (χ1) is 12.0. The van der Waals surface area contributed by atoms with Gasteiger partial charge in [0, 0.05) is 5.92 Å². The number of para-hydroxylation sites is 1. The highest BCUT2D eigenvalue weighted by molar-refractivity contribution is 7.94. The molecule has 3 aromatic rings. The fourth-order valence-corrected chi connectivity index (χ4v) is 5.11. The van der Waals surface area contributed by atoms with Crippen molar-refractivity contribution in [2.45, 2.75) is 36.3 Å². The molecule has 0 radical (unpaired) electrons. The maximum atomic E-state index is 12.6. The highest BCUT2D eigenvalue weighted by Crippen LogP contribution is 2.38. The molecule has 1 aliphatic carbocycles. The topological polar surface area (TPSA) is 72.2 Å². The van der Waals surface area contributed by atoms with E-state index in [0.29, 0.717) is 17.4 Å². The summed E-state index contributed by atoms with van der Waals surface area (Å²) in [6, 6.07) is 10.7. The van der Waals surface area contributed by atoms with Crippen molar-refractivity contribution in [3.05, 3.63) is 54.0 Å². The molecule has 4 rings (SSSR count). The Morgan fingerprint density at radius 1 is 1.20 bits per heavy atom. The first-order valence-electron chi connectivity index (χ1n) is 8.17. The molecule has 0 saturated heterocycles. The van der Waals surface area contributed by atoms with E-state index in [9.17, 15) is 8.42 Å². The summed E-state index contributed by atoms with van der Waals surface area (Å²) in [5.74, 6) is 1.81. The van der Waals surface area contributed by atoms with Gasteiger partial charge >= 0.3 is 0 Å². The van der Waals surface area contributed by atoms with E-state index in [-0.39, 0.29) is 4.21 Å². The van der Waals surface area contributed by atoms with Crippen molar-refractivity contribution in [2.24, 2.45) is 0 Å². The summed E-state index contributed by atoms with van der Waals surface area (Å²) in [6.07, 6.45) is 5.13. The maximum absolute atomic E-state index is 12.6. The normalized spacial score (nSPS) is 15.1. The van der Waals surface area contributed by atoms with Crippen LogP contribution >= 0.6 is 11.3 Å². The van der Waals surface area contributed by atoms with Gasteiger partial charge in [-0.25, -0.2) is 13.4 Å². The molecule has 7 heteroatoms. The molecule has 0 bridgehead atoms. The number of oxazole rings is 1. The van der Waals surface area contributed by atoms with Crippen LogP contribution in [0.5, 0.6) is 0 Å². The zero-order valence-electron chi connectivity index (χ0n) is 13.7. The molecule has 0 spiro atoms. The molecule has 2 heterocycles. The third kappa shape index (κ3) is 3.21.